The summed E-state index contributed by atoms with van der Waals surface area (Å²) in [5, 5.41) is 19.5. The fourth-order valence-electron chi connectivity index (χ4n) is 3.51. The summed E-state index contributed by atoms with van der Waals surface area (Å²) in [5.74, 6) is -3.09. The minimum Gasteiger partial charge on any atom is -0.550 e. The van der Waals surface area contributed by atoms with Gasteiger partial charge in [0.25, 0.3) is 0 Å². The summed E-state index contributed by atoms with van der Waals surface area (Å²) < 4.78 is 0. The average molecular weight is 435 g/mol. The Labute approximate surface area is 221 Å². The van der Waals surface area contributed by atoms with Crippen LogP contribution in [0.1, 0.15) is 122 Å². The number of hydrogen-bond acceptors (Lipinski definition) is 3. The molecule has 1 atom stereocenters. The molecule has 1 unspecified atom stereocenters. The summed E-state index contributed by atoms with van der Waals surface area (Å²) in [6.45, 7) is 2.26. The predicted octanol–water partition coefficient (Wildman–Crippen LogP) is 3.04. The normalized spacial score (nSPS) is 12.0. The molecule has 4 nitrogen and oxygen atoms in total. The third-order valence-electron chi connectivity index (χ3n) is 5.33. The van der Waals surface area contributed by atoms with Gasteiger partial charge in [-0.15, -0.1) is 0 Å². The Kier molecular flexibility index (Phi) is 26.7. The molecule has 0 fully saturated rings. The third kappa shape index (κ3) is 24.5. The minimum absolute atomic E-state index is 0. The van der Waals surface area contributed by atoms with Crippen LogP contribution in [0.2, 0.25) is 0 Å². The molecule has 29 heavy (non-hydrogen) atoms. The van der Waals surface area contributed by atoms with Gasteiger partial charge in [0.1, 0.15) is 0 Å². The quantitative estimate of drug-likeness (QED) is 0.171. The van der Waals surface area contributed by atoms with Crippen molar-refractivity contribution < 1.29 is 71.2 Å². The molecule has 1 N–H and O–H groups in total. The fourth-order valence-corrected chi connectivity index (χ4v) is 3.51. The van der Waals surface area contributed by atoms with E-state index in [9.17, 15) is 14.7 Å². The van der Waals surface area contributed by atoms with Gasteiger partial charge in [-0.05, 0) is 32.1 Å². The molecule has 0 saturated carbocycles. The molecule has 164 valence electrons. The zero-order valence-electron chi connectivity index (χ0n) is 19.1. The van der Waals surface area contributed by atoms with Crippen molar-refractivity contribution in [1.29, 1.82) is 0 Å². The Morgan fingerprint density at radius 3 is 1.59 bits per heavy atom. The van der Waals surface area contributed by atoms with Crippen LogP contribution in [0, 0.1) is 5.92 Å². The van der Waals surface area contributed by atoms with Crippen LogP contribution in [-0.2, 0) is 9.59 Å². The Bertz CT molecular complexity index is 410. The fraction of sp³-hybridized carbons (Fsp3) is 0.833. The second-order valence-corrected chi connectivity index (χ2v) is 8.04. The van der Waals surface area contributed by atoms with E-state index in [2.05, 4.69) is 19.1 Å². The molecule has 0 heterocycles. The standard InChI is InChI=1S/C24H44O4.K/c1-2-3-4-5-6-7-8-9-10-11-12-13-14-15-16-17-18-19-20-22(24(27)28)21-23(25)26;/h10-11,22H,2-9,12-21H2,1H3,(H,25,26)(H,27,28);/q;+1/p-1/b11-10+;. The topological polar surface area (TPSA) is 77.4 Å². The summed E-state index contributed by atoms with van der Waals surface area (Å²) >= 11 is 0. The van der Waals surface area contributed by atoms with Gasteiger partial charge < -0.3 is 15.0 Å². The molecule has 0 bridgehead atoms. The largest absolute Gasteiger partial charge is 1.00 e. The van der Waals surface area contributed by atoms with E-state index in [-0.39, 0.29) is 57.8 Å². The van der Waals surface area contributed by atoms with Gasteiger partial charge >= 0.3 is 57.4 Å². The Hall–Kier alpha value is 0.316. The number of aliphatic carboxylic acids is 2. The molecule has 0 aliphatic carbocycles. The first-order valence-electron chi connectivity index (χ1n) is 11.7. The minimum atomic E-state index is -1.27. The number of carbonyl (C=O) groups excluding carboxylic acids is 1. The van der Waals surface area contributed by atoms with Crippen molar-refractivity contribution in [2.45, 2.75) is 122 Å². The molecular formula is C24H43KO4. The van der Waals surface area contributed by atoms with E-state index in [1.165, 1.54) is 83.5 Å². The van der Waals surface area contributed by atoms with Crippen molar-refractivity contribution in [2.24, 2.45) is 5.92 Å². The van der Waals surface area contributed by atoms with E-state index in [1.807, 2.05) is 0 Å². The van der Waals surface area contributed by atoms with E-state index in [0.29, 0.717) is 6.42 Å². The summed E-state index contributed by atoms with van der Waals surface area (Å²) in [6.07, 6.45) is 24.5. The summed E-state index contributed by atoms with van der Waals surface area (Å²) in [7, 11) is 0. The first-order chi connectivity index (χ1) is 13.6. The molecule has 0 rings (SSSR count). The van der Waals surface area contributed by atoms with Crippen molar-refractivity contribution in [3.05, 3.63) is 12.2 Å². The molecule has 0 aliphatic rings. The number of carbonyl (C=O) groups is 2. The van der Waals surface area contributed by atoms with Gasteiger partial charge in [-0.25, -0.2) is 0 Å². The maximum Gasteiger partial charge on any atom is 1.00 e. The van der Waals surface area contributed by atoms with Crippen LogP contribution in [0.4, 0.5) is 0 Å². The molecule has 0 aliphatic heterocycles. The number of allylic oxidation sites excluding steroid dienone is 2. The van der Waals surface area contributed by atoms with E-state index in [4.69, 9.17) is 5.11 Å². The zero-order valence-corrected chi connectivity index (χ0v) is 22.3. The molecule has 0 radical (unpaired) electrons. The molecule has 0 spiro atoms. The Morgan fingerprint density at radius 1 is 0.759 bits per heavy atom. The van der Waals surface area contributed by atoms with Crippen molar-refractivity contribution in [2.75, 3.05) is 0 Å². The van der Waals surface area contributed by atoms with Gasteiger partial charge in [0, 0.05) is 12.4 Å². The summed E-state index contributed by atoms with van der Waals surface area (Å²) in [4.78, 5) is 21.5. The number of carboxylic acid groups (broad SMARTS) is 2. The third-order valence-corrected chi connectivity index (χ3v) is 5.33. The van der Waals surface area contributed by atoms with Crippen LogP contribution >= 0.6 is 0 Å². The molecule has 0 aromatic carbocycles. The smallest absolute Gasteiger partial charge is 0.550 e. The maximum atomic E-state index is 11.0. The van der Waals surface area contributed by atoms with Crippen LogP contribution in [-0.4, -0.2) is 17.0 Å². The van der Waals surface area contributed by atoms with Crippen LogP contribution in [0.5, 0.6) is 0 Å². The van der Waals surface area contributed by atoms with Gasteiger partial charge in [0.2, 0.25) is 0 Å². The second-order valence-electron chi connectivity index (χ2n) is 8.04. The van der Waals surface area contributed by atoms with E-state index >= 15 is 0 Å². The molecule has 0 amide bonds. The van der Waals surface area contributed by atoms with Crippen molar-refractivity contribution in [1.82, 2.24) is 0 Å². The van der Waals surface area contributed by atoms with Gasteiger partial charge in [-0.2, -0.15) is 0 Å². The van der Waals surface area contributed by atoms with Gasteiger partial charge in [0.15, 0.2) is 0 Å². The molecule has 0 aromatic heterocycles. The first kappa shape index (κ1) is 31.5. The van der Waals surface area contributed by atoms with Crippen LogP contribution in [0.25, 0.3) is 0 Å². The van der Waals surface area contributed by atoms with Gasteiger partial charge in [-0.1, -0.05) is 96.1 Å². The SMILES string of the molecule is CCCCCCCCC/C=C/CCCCCCCCCC(CC(=O)[O-])C(=O)O.[K+]. The first-order valence-corrected chi connectivity index (χ1v) is 11.7. The summed E-state index contributed by atoms with van der Waals surface area (Å²) in [5.41, 5.74) is 0. The monoisotopic (exact) mass is 434 g/mol. The van der Waals surface area contributed by atoms with Crippen molar-refractivity contribution >= 4 is 11.9 Å². The Balaban J connectivity index is 0. The van der Waals surface area contributed by atoms with Crippen molar-refractivity contribution in [3.63, 3.8) is 0 Å². The molecule has 0 saturated heterocycles. The number of rotatable bonds is 21. The van der Waals surface area contributed by atoms with Crippen LogP contribution < -0.4 is 56.5 Å². The van der Waals surface area contributed by atoms with E-state index < -0.39 is 17.9 Å². The van der Waals surface area contributed by atoms with Crippen LogP contribution in [0.3, 0.4) is 0 Å². The van der Waals surface area contributed by atoms with Gasteiger partial charge in [0.05, 0.1) is 5.92 Å². The molecular weight excluding hydrogens is 391 g/mol. The molecule has 0 aromatic rings. The number of hydrogen-bond donors (Lipinski definition) is 1. The second kappa shape index (κ2) is 24.6. The average Bonchev–Trinajstić information content (AvgIpc) is 2.65. The number of carboxylic acids is 2. The summed E-state index contributed by atoms with van der Waals surface area (Å²) in [6, 6.07) is 0. The maximum absolute atomic E-state index is 11.0. The van der Waals surface area contributed by atoms with Gasteiger partial charge in [-0.3, -0.25) is 4.79 Å². The van der Waals surface area contributed by atoms with Crippen LogP contribution in [0.15, 0.2) is 12.2 Å². The van der Waals surface area contributed by atoms with E-state index in [1.54, 1.807) is 0 Å². The number of unbranched alkanes of at least 4 members (excludes halogenated alkanes) is 14. The molecule has 5 heteroatoms. The van der Waals surface area contributed by atoms with E-state index in [0.717, 1.165) is 19.3 Å². The predicted molar refractivity (Wildman–Crippen MR) is 114 cm³/mol. The Morgan fingerprint density at radius 2 is 1.17 bits per heavy atom. The van der Waals surface area contributed by atoms with Crippen molar-refractivity contribution in [3.8, 4) is 0 Å². The zero-order chi connectivity index (χ0) is 20.9.